The number of thioether (sulfide) groups is 1. The molecule has 0 spiro atoms. The second-order valence-corrected chi connectivity index (χ2v) is 7.85. The van der Waals surface area contributed by atoms with Gasteiger partial charge in [-0.05, 0) is 36.4 Å². The van der Waals surface area contributed by atoms with E-state index in [9.17, 15) is 9.59 Å². The van der Waals surface area contributed by atoms with Crippen LogP contribution in [0.3, 0.4) is 0 Å². The summed E-state index contributed by atoms with van der Waals surface area (Å²) >= 11 is 4.61. The highest BCUT2D eigenvalue weighted by molar-refractivity contribution is 9.10. The number of aliphatic imine (C=N–C) groups is 1. The Hall–Kier alpha value is -2.32. The lowest BCUT2D eigenvalue weighted by atomic mass is 10.3. The molecule has 1 fully saturated rings. The molecule has 8 heteroatoms. The Labute approximate surface area is 170 Å². The van der Waals surface area contributed by atoms with Crippen molar-refractivity contribution in [3.05, 3.63) is 53.0 Å². The van der Waals surface area contributed by atoms with E-state index in [-0.39, 0.29) is 18.2 Å². The van der Waals surface area contributed by atoms with Crippen molar-refractivity contribution in [3.8, 4) is 5.75 Å². The molecule has 1 N–H and O–H groups in total. The second kappa shape index (κ2) is 8.58. The van der Waals surface area contributed by atoms with E-state index in [0.717, 1.165) is 10.2 Å². The SMILES string of the molecule is CN=C(Nc1cccc(OC)c1)S[C@H]1CC(=O)N(c2ccc(Br)cc2)C1=O. The van der Waals surface area contributed by atoms with Crippen molar-refractivity contribution in [1.29, 1.82) is 0 Å². The number of imide groups is 1. The molecule has 0 aliphatic carbocycles. The molecule has 27 heavy (non-hydrogen) atoms. The molecule has 1 atom stereocenters. The molecule has 6 nitrogen and oxygen atoms in total. The van der Waals surface area contributed by atoms with Crippen molar-refractivity contribution < 1.29 is 14.3 Å². The number of methoxy groups -OCH3 is 1. The third kappa shape index (κ3) is 4.51. The summed E-state index contributed by atoms with van der Waals surface area (Å²) in [5.74, 6) is 0.270. The van der Waals surface area contributed by atoms with Crippen molar-refractivity contribution in [1.82, 2.24) is 0 Å². The summed E-state index contributed by atoms with van der Waals surface area (Å²) in [5.41, 5.74) is 1.37. The minimum Gasteiger partial charge on any atom is -0.497 e. The molecule has 1 aliphatic rings. The van der Waals surface area contributed by atoms with E-state index in [4.69, 9.17) is 4.74 Å². The minimum absolute atomic E-state index is 0.137. The molecule has 2 aromatic carbocycles. The molecule has 2 amide bonds. The van der Waals surface area contributed by atoms with Crippen LogP contribution in [0.1, 0.15) is 6.42 Å². The largest absolute Gasteiger partial charge is 0.497 e. The molecule has 1 saturated heterocycles. The molecule has 0 bridgehead atoms. The van der Waals surface area contributed by atoms with Gasteiger partial charge in [0.2, 0.25) is 11.8 Å². The number of nitrogens with one attached hydrogen (secondary N) is 1. The Kier molecular flexibility index (Phi) is 6.18. The zero-order valence-electron chi connectivity index (χ0n) is 14.8. The first-order valence-corrected chi connectivity index (χ1v) is 9.86. The second-order valence-electron chi connectivity index (χ2n) is 5.74. The van der Waals surface area contributed by atoms with Crippen LogP contribution in [-0.4, -0.2) is 36.4 Å². The summed E-state index contributed by atoms with van der Waals surface area (Å²) in [5, 5.41) is 3.22. The van der Waals surface area contributed by atoms with Gasteiger partial charge in [0.15, 0.2) is 5.17 Å². The number of hydrogen-bond donors (Lipinski definition) is 1. The van der Waals surface area contributed by atoms with Crippen molar-refractivity contribution in [2.24, 2.45) is 4.99 Å². The van der Waals surface area contributed by atoms with Gasteiger partial charge in [-0.3, -0.25) is 14.6 Å². The van der Waals surface area contributed by atoms with Crippen molar-refractivity contribution in [2.45, 2.75) is 11.7 Å². The fourth-order valence-electron chi connectivity index (χ4n) is 2.65. The first-order chi connectivity index (χ1) is 13.0. The van der Waals surface area contributed by atoms with Crippen LogP contribution in [0.25, 0.3) is 0 Å². The van der Waals surface area contributed by atoms with E-state index < -0.39 is 5.25 Å². The van der Waals surface area contributed by atoms with E-state index in [1.165, 1.54) is 16.7 Å². The normalized spacial score (nSPS) is 17.4. The molecule has 0 aromatic heterocycles. The van der Waals surface area contributed by atoms with Crippen LogP contribution >= 0.6 is 27.7 Å². The first kappa shape index (κ1) is 19.4. The van der Waals surface area contributed by atoms with Gasteiger partial charge in [-0.25, -0.2) is 4.90 Å². The van der Waals surface area contributed by atoms with Gasteiger partial charge in [0.1, 0.15) is 11.0 Å². The third-order valence-corrected chi connectivity index (χ3v) is 5.66. The average Bonchev–Trinajstić information content (AvgIpc) is 2.95. The zero-order chi connectivity index (χ0) is 19.4. The Bertz CT molecular complexity index is 886. The predicted molar refractivity (Wildman–Crippen MR) is 113 cm³/mol. The maximum atomic E-state index is 12.8. The lowest BCUT2D eigenvalue weighted by Gasteiger charge is -2.16. The lowest BCUT2D eigenvalue weighted by molar-refractivity contribution is -0.121. The highest BCUT2D eigenvalue weighted by Gasteiger charge is 2.40. The molecule has 0 unspecified atom stereocenters. The summed E-state index contributed by atoms with van der Waals surface area (Å²) in [6.45, 7) is 0. The van der Waals surface area contributed by atoms with Gasteiger partial charge in [0.25, 0.3) is 0 Å². The number of benzene rings is 2. The summed E-state index contributed by atoms with van der Waals surface area (Å²) in [4.78, 5) is 30.6. The molecule has 140 valence electrons. The minimum atomic E-state index is -0.516. The number of carbonyl (C=O) groups is 2. The fourth-order valence-corrected chi connectivity index (χ4v) is 3.90. The molecule has 1 aliphatic heterocycles. The number of amides is 2. The Morgan fingerprint density at radius 3 is 2.67 bits per heavy atom. The van der Waals surface area contributed by atoms with Crippen LogP contribution in [0.15, 0.2) is 58.0 Å². The number of halogens is 1. The summed E-state index contributed by atoms with van der Waals surface area (Å²) in [7, 11) is 3.24. The zero-order valence-corrected chi connectivity index (χ0v) is 17.2. The molecule has 3 rings (SSSR count). The summed E-state index contributed by atoms with van der Waals surface area (Å²) in [6.07, 6.45) is 0.137. The number of ether oxygens (including phenoxy) is 1. The third-order valence-electron chi connectivity index (χ3n) is 3.97. The molecular formula is C19H18BrN3O3S. The van der Waals surface area contributed by atoms with Gasteiger partial charge in [-0.2, -0.15) is 0 Å². The van der Waals surface area contributed by atoms with Crippen LogP contribution in [0.4, 0.5) is 11.4 Å². The topological polar surface area (TPSA) is 71.0 Å². The molecule has 2 aromatic rings. The Morgan fingerprint density at radius 1 is 1.26 bits per heavy atom. The van der Waals surface area contributed by atoms with Crippen molar-refractivity contribution in [3.63, 3.8) is 0 Å². The van der Waals surface area contributed by atoms with E-state index in [2.05, 4.69) is 26.2 Å². The molecule has 0 radical (unpaired) electrons. The van der Waals surface area contributed by atoms with Gasteiger partial charge >= 0.3 is 0 Å². The van der Waals surface area contributed by atoms with E-state index >= 15 is 0 Å². The lowest BCUT2D eigenvalue weighted by Crippen LogP contribution is -2.31. The highest BCUT2D eigenvalue weighted by atomic mass is 79.9. The van der Waals surface area contributed by atoms with Gasteiger partial charge in [-0.1, -0.05) is 33.8 Å². The quantitative estimate of drug-likeness (QED) is 0.436. The van der Waals surface area contributed by atoms with Gasteiger partial charge < -0.3 is 10.1 Å². The highest BCUT2D eigenvalue weighted by Crippen LogP contribution is 2.31. The van der Waals surface area contributed by atoms with E-state index in [1.54, 1.807) is 38.4 Å². The maximum Gasteiger partial charge on any atom is 0.247 e. The van der Waals surface area contributed by atoms with Crippen LogP contribution in [0.2, 0.25) is 0 Å². The standard InChI is InChI=1S/C19H18BrN3O3S/c1-21-19(22-13-4-3-5-15(10-13)26-2)27-16-11-17(24)23(18(16)25)14-8-6-12(20)7-9-14/h3-10,16H,11H2,1-2H3,(H,21,22)/t16-/m0/s1. The number of anilines is 2. The molecular weight excluding hydrogens is 430 g/mol. The number of hydrogen-bond acceptors (Lipinski definition) is 5. The number of rotatable bonds is 4. The molecule has 1 heterocycles. The van der Waals surface area contributed by atoms with E-state index in [1.807, 2.05) is 24.3 Å². The first-order valence-electron chi connectivity index (χ1n) is 8.18. The van der Waals surface area contributed by atoms with Gasteiger partial charge in [0.05, 0.1) is 12.8 Å². The van der Waals surface area contributed by atoms with Crippen molar-refractivity contribution in [2.75, 3.05) is 24.4 Å². The fraction of sp³-hybridized carbons (Fsp3) is 0.211. The Morgan fingerprint density at radius 2 is 2.00 bits per heavy atom. The van der Waals surface area contributed by atoms with E-state index in [0.29, 0.717) is 16.6 Å². The number of nitrogens with zero attached hydrogens (tertiary/aromatic N) is 2. The van der Waals surface area contributed by atoms with Crippen molar-refractivity contribution >= 4 is 56.0 Å². The van der Waals surface area contributed by atoms with Crippen LogP contribution in [0.5, 0.6) is 5.75 Å². The summed E-state index contributed by atoms with van der Waals surface area (Å²) < 4.78 is 6.10. The smallest absolute Gasteiger partial charge is 0.247 e. The predicted octanol–water partition coefficient (Wildman–Crippen LogP) is 3.92. The van der Waals surface area contributed by atoms with Crippen LogP contribution in [-0.2, 0) is 9.59 Å². The molecule has 0 saturated carbocycles. The maximum absolute atomic E-state index is 12.8. The van der Waals surface area contributed by atoms with Crippen LogP contribution in [0, 0.1) is 0 Å². The Balaban J connectivity index is 1.71. The van der Waals surface area contributed by atoms with Gasteiger partial charge in [-0.15, -0.1) is 0 Å². The number of carbonyl (C=O) groups excluding carboxylic acids is 2. The van der Waals surface area contributed by atoms with Crippen LogP contribution < -0.4 is 15.0 Å². The average molecular weight is 448 g/mol. The van der Waals surface area contributed by atoms with Gasteiger partial charge in [0, 0.05) is 29.7 Å². The monoisotopic (exact) mass is 447 g/mol. The summed E-state index contributed by atoms with van der Waals surface area (Å²) in [6, 6.07) is 14.5. The number of amidine groups is 1.